The van der Waals surface area contributed by atoms with Crippen LogP contribution in [0.5, 0.6) is 0 Å². The summed E-state index contributed by atoms with van der Waals surface area (Å²) < 4.78 is 10.7. The third-order valence-electron chi connectivity index (χ3n) is 5.78. The molecule has 0 fully saturated rings. The van der Waals surface area contributed by atoms with Crippen molar-refractivity contribution in [1.82, 2.24) is 9.36 Å². The van der Waals surface area contributed by atoms with Crippen molar-refractivity contribution in [2.75, 3.05) is 5.32 Å². The molecule has 0 unspecified atom stereocenters. The summed E-state index contributed by atoms with van der Waals surface area (Å²) in [5.74, 6) is 0.608. The Morgan fingerprint density at radius 2 is 1.85 bits per heavy atom. The summed E-state index contributed by atoms with van der Waals surface area (Å²) in [6, 6.07) is 17.5. The van der Waals surface area contributed by atoms with Crippen LogP contribution in [0.1, 0.15) is 29.7 Å². The van der Waals surface area contributed by atoms with Crippen LogP contribution in [0.3, 0.4) is 0 Å². The molecule has 5 nitrogen and oxygen atoms in total. The zero-order chi connectivity index (χ0) is 22.9. The summed E-state index contributed by atoms with van der Waals surface area (Å²) in [5, 5.41) is 6.16. The second-order valence-electron chi connectivity index (χ2n) is 8.16. The number of anilines is 1. The topological polar surface area (TPSA) is 68.0 Å². The maximum Gasteiger partial charge on any atom is 0.196 e. The van der Waals surface area contributed by atoms with E-state index < -0.39 is 0 Å². The molecule has 5 aromatic rings. The van der Waals surface area contributed by atoms with Gasteiger partial charge in [0.25, 0.3) is 0 Å². The van der Waals surface area contributed by atoms with Crippen LogP contribution in [0.25, 0.3) is 33.6 Å². The van der Waals surface area contributed by atoms with Crippen molar-refractivity contribution in [2.45, 2.75) is 26.8 Å². The summed E-state index contributed by atoms with van der Waals surface area (Å²) >= 11 is 1.40. The van der Waals surface area contributed by atoms with Crippen molar-refractivity contribution in [3.8, 4) is 22.6 Å². The summed E-state index contributed by atoms with van der Waals surface area (Å²) in [6.07, 6.45) is 3.59. The quantitative estimate of drug-likeness (QED) is 0.318. The van der Waals surface area contributed by atoms with Gasteiger partial charge in [0.2, 0.25) is 0 Å². The van der Waals surface area contributed by atoms with Crippen LogP contribution in [0.4, 0.5) is 5.69 Å². The molecule has 3 aromatic heterocycles. The van der Waals surface area contributed by atoms with E-state index in [9.17, 15) is 4.79 Å². The molecular weight excluding hydrogens is 430 g/mol. The molecule has 0 aliphatic rings. The van der Waals surface area contributed by atoms with E-state index in [1.807, 2.05) is 74.0 Å². The SMILES string of the molecule is Cc1cc([C@@H](C)Nc2cccnc2-c2cnsc2)c2oc(-c3ccccc3)c(C)c(=O)c2c1. The molecule has 0 saturated carbocycles. The molecule has 0 spiro atoms. The molecule has 3 heterocycles. The lowest BCUT2D eigenvalue weighted by molar-refractivity contribution is 0.605. The molecule has 0 radical (unpaired) electrons. The van der Waals surface area contributed by atoms with E-state index in [2.05, 4.69) is 27.7 Å². The first-order valence-corrected chi connectivity index (χ1v) is 11.6. The lowest BCUT2D eigenvalue weighted by Crippen LogP contribution is -2.13. The Balaban J connectivity index is 1.64. The average molecular weight is 454 g/mol. The second kappa shape index (κ2) is 8.64. The molecule has 0 aliphatic heterocycles. The summed E-state index contributed by atoms with van der Waals surface area (Å²) in [7, 11) is 0. The standard InChI is InChI=1S/C27H23N3O2S/c1-16-12-21(18(3)30-23-10-7-11-28-24(23)20-14-29-33-15-20)27-22(13-16)25(31)17(2)26(32-27)19-8-5-4-6-9-19/h4-15,18,30H,1-3H3/t18-/m1/s1. The van der Waals surface area contributed by atoms with Gasteiger partial charge in [0.1, 0.15) is 11.3 Å². The lowest BCUT2D eigenvalue weighted by Gasteiger charge is -2.20. The lowest BCUT2D eigenvalue weighted by atomic mass is 9.98. The Morgan fingerprint density at radius 3 is 2.61 bits per heavy atom. The zero-order valence-corrected chi connectivity index (χ0v) is 19.4. The van der Waals surface area contributed by atoms with Crippen molar-refractivity contribution in [1.29, 1.82) is 0 Å². The smallest absolute Gasteiger partial charge is 0.196 e. The van der Waals surface area contributed by atoms with Gasteiger partial charge in [-0.1, -0.05) is 36.4 Å². The molecule has 1 atom stereocenters. The minimum Gasteiger partial charge on any atom is -0.455 e. The predicted octanol–water partition coefficient (Wildman–Crippen LogP) is 6.77. The first kappa shape index (κ1) is 21.1. The monoisotopic (exact) mass is 453 g/mol. The predicted molar refractivity (Wildman–Crippen MR) is 135 cm³/mol. The second-order valence-corrected chi connectivity index (χ2v) is 8.82. The molecule has 2 aromatic carbocycles. The van der Waals surface area contributed by atoms with E-state index in [1.54, 1.807) is 6.20 Å². The number of pyridine rings is 1. The highest BCUT2D eigenvalue weighted by atomic mass is 32.1. The van der Waals surface area contributed by atoms with Crippen LogP contribution in [0, 0.1) is 13.8 Å². The van der Waals surface area contributed by atoms with Crippen LogP contribution in [0.2, 0.25) is 0 Å². The van der Waals surface area contributed by atoms with Crippen LogP contribution in [-0.2, 0) is 0 Å². The van der Waals surface area contributed by atoms with E-state index in [0.29, 0.717) is 22.3 Å². The third kappa shape index (κ3) is 3.94. The van der Waals surface area contributed by atoms with Crippen LogP contribution < -0.4 is 10.7 Å². The van der Waals surface area contributed by atoms with Gasteiger partial charge in [0.05, 0.1) is 29.0 Å². The maximum atomic E-state index is 13.3. The minimum atomic E-state index is -0.128. The normalized spacial score (nSPS) is 12.1. The first-order valence-electron chi connectivity index (χ1n) is 10.8. The Kier molecular flexibility index (Phi) is 5.52. The van der Waals surface area contributed by atoms with Gasteiger partial charge in [-0.3, -0.25) is 9.78 Å². The van der Waals surface area contributed by atoms with Crippen LogP contribution in [0.15, 0.2) is 81.6 Å². The highest BCUT2D eigenvalue weighted by Crippen LogP contribution is 2.34. The van der Waals surface area contributed by atoms with E-state index in [1.165, 1.54) is 11.5 Å². The number of aryl methyl sites for hydroxylation is 1. The van der Waals surface area contributed by atoms with E-state index >= 15 is 0 Å². The molecule has 0 bridgehead atoms. The summed E-state index contributed by atoms with van der Waals surface area (Å²) in [4.78, 5) is 17.9. The van der Waals surface area contributed by atoms with Gasteiger partial charge in [0.15, 0.2) is 5.43 Å². The summed E-state index contributed by atoms with van der Waals surface area (Å²) in [6.45, 7) is 5.90. The highest BCUT2D eigenvalue weighted by Gasteiger charge is 2.20. The number of aromatic nitrogens is 2. The molecule has 33 heavy (non-hydrogen) atoms. The highest BCUT2D eigenvalue weighted by molar-refractivity contribution is 7.03. The number of nitrogens with one attached hydrogen (secondary N) is 1. The molecule has 0 saturated heterocycles. The molecule has 0 aliphatic carbocycles. The Morgan fingerprint density at radius 1 is 1.03 bits per heavy atom. The van der Waals surface area contributed by atoms with Crippen molar-refractivity contribution in [3.63, 3.8) is 0 Å². The van der Waals surface area contributed by atoms with E-state index in [0.717, 1.165) is 33.6 Å². The van der Waals surface area contributed by atoms with Crippen molar-refractivity contribution < 1.29 is 4.42 Å². The fourth-order valence-electron chi connectivity index (χ4n) is 4.14. The maximum absolute atomic E-state index is 13.3. The van der Waals surface area contributed by atoms with E-state index in [-0.39, 0.29) is 11.5 Å². The number of rotatable bonds is 5. The Bertz CT molecular complexity index is 1490. The molecular formula is C27H23N3O2S. The molecule has 164 valence electrons. The fourth-order valence-corrected chi connectivity index (χ4v) is 4.66. The van der Waals surface area contributed by atoms with Gasteiger partial charge in [-0.25, -0.2) is 4.37 Å². The van der Waals surface area contributed by atoms with Crippen molar-refractivity contribution in [2.24, 2.45) is 0 Å². The molecule has 0 amide bonds. The Labute approximate surface area is 195 Å². The first-order chi connectivity index (χ1) is 16.0. The van der Waals surface area contributed by atoms with E-state index in [4.69, 9.17) is 4.42 Å². The number of nitrogens with zero attached hydrogens (tertiary/aromatic N) is 2. The van der Waals surface area contributed by atoms with Gasteiger partial charge in [-0.05, 0) is 56.1 Å². The minimum absolute atomic E-state index is 0.00123. The molecule has 1 N–H and O–H groups in total. The average Bonchev–Trinajstić information content (AvgIpc) is 3.37. The van der Waals surface area contributed by atoms with Gasteiger partial charge >= 0.3 is 0 Å². The van der Waals surface area contributed by atoms with Crippen LogP contribution in [-0.4, -0.2) is 9.36 Å². The molecule has 5 rings (SSSR count). The fraction of sp³-hybridized carbons (Fsp3) is 0.148. The summed E-state index contributed by atoms with van der Waals surface area (Å²) in [5.41, 5.74) is 6.77. The van der Waals surface area contributed by atoms with Gasteiger partial charge in [0, 0.05) is 33.8 Å². The largest absolute Gasteiger partial charge is 0.455 e. The number of fused-ring (bicyclic) bond motifs is 1. The third-order valence-corrected chi connectivity index (χ3v) is 6.37. The van der Waals surface area contributed by atoms with Crippen molar-refractivity contribution in [3.05, 3.63) is 99.3 Å². The number of hydrogen-bond acceptors (Lipinski definition) is 6. The van der Waals surface area contributed by atoms with Crippen LogP contribution >= 0.6 is 11.5 Å². The number of benzene rings is 2. The molecule has 6 heteroatoms. The number of hydrogen-bond donors (Lipinski definition) is 1. The van der Waals surface area contributed by atoms with Gasteiger partial charge < -0.3 is 9.73 Å². The van der Waals surface area contributed by atoms with Gasteiger partial charge in [-0.15, -0.1) is 0 Å². The van der Waals surface area contributed by atoms with Gasteiger partial charge in [-0.2, -0.15) is 0 Å². The van der Waals surface area contributed by atoms with Crippen molar-refractivity contribution >= 4 is 28.2 Å². The Hall–Kier alpha value is -3.77. The zero-order valence-electron chi connectivity index (χ0n) is 18.6.